The van der Waals surface area contributed by atoms with Crippen LogP contribution in [0.4, 0.5) is 0 Å². The molecule has 2 bridgehead atoms. The van der Waals surface area contributed by atoms with E-state index in [9.17, 15) is 0 Å². The van der Waals surface area contributed by atoms with Gasteiger partial charge in [-0.2, -0.15) is 13.5 Å². The van der Waals surface area contributed by atoms with Crippen LogP contribution in [0.15, 0.2) is 66.6 Å². The van der Waals surface area contributed by atoms with Crippen LogP contribution < -0.4 is 9.05 Å². The van der Waals surface area contributed by atoms with Crippen LogP contribution in [-0.2, 0) is 13.1 Å². The molecule has 0 radical (unpaired) electrons. The zero-order valence-electron chi connectivity index (χ0n) is 17.7. The average molecular weight is 618 g/mol. The highest BCUT2D eigenvalue weighted by molar-refractivity contribution is 8.19. The topological polar surface area (TPSA) is 74.4 Å². The standard InChI is InChI=1S/C18H20Cl4N6O2P4/c19-31(20)23-32(21,22)25-34-26-33(24-31)27(13-15-7-1-3-9-17(15)29-33)11-5-6-12-28(34)14-16-8-2-4-10-18(16)30-34/h1-4,7-10H,5-6,11-14H2. The van der Waals surface area contributed by atoms with Crippen molar-refractivity contribution >= 4 is 71.9 Å². The summed E-state index contributed by atoms with van der Waals surface area (Å²) >= 11 is 26.7. The van der Waals surface area contributed by atoms with Gasteiger partial charge in [0.15, 0.2) is 0 Å². The van der Waals surface area contributed by atoms with E-state index in [1.54, 1.807) is 0 Å². The maximum absolute atomic E-state index is 6.67. The summed E-state index contributed by atoms with van der Waals surface area (Å²) in [6.45, 7) is 2.63. The Kier molecular flexibility index (Phi) is 6.32. The number of halogens is 4. The van der Waals surface area contributed by atoms with Gasteiger partial charge in [0.05, 0.1) is 0 Å². The van der Waals surface area contributed by atoms with Gasteiger partial charge in [-0.05, 0) is 69.9 Å². The minimum Gasteiger partial charge on any atom is -0.430 e. The minimum atomic E-state index is -3.35. The van der Waals surface area contributed by atoms with Gasteiger partial charge in [0, 0.05) is 37.3 Å². The lowest BCUT2D eigenvalue weighted by atomic mass is 10.2. The lowest BCUT2D eigenvalue weighted by Gasteiger charge is -2.42. The molecule has 182 valence electrons. The zero-order valence-corrected chi connectivity index (χ0v) is 24.3. The second-order valence-corrected chi connectivity index (χ2v) is 23.1. The van der Waals surface area contributed by atoms with Gasteiger partial charge < -0.3 is 9.05 Å². The van der Waals surface area contributed by atoms with Gasteiger partial charge in [0.1, 0.15) is 11.5 Å². The van der Waals surface area contributed by atoms with E-state index in [-0.39, 0.29) is 0 Å². The lowest BCUT2D eigenvalue weighted by Crippen LogP contribution is -2.28. The van der Waals surface area contributed by atoms with Crippen LogP contribution in [0.3, 0.4) is 0 Å². The molecule has 2 aromatic rings. The number of para-hydroxylation sites is 2. The normalized spacial score (nSPS) is 31.5. The number of nitrogens with zero attached hydrogens (tertiary/aromatic N) is 6. The first kappa shape index (κ1) is 24.4. The van der Waals surface area contributed by atoms with Gasteiger partial charge in [-0.25, -0.2) is 9.34 Å². The molecule has 4 aliphatic rings. The number of hydrogen-bond acceptors (Lipinski definition) is 8. The maximum atomic E-state index is 6.67. The minimum absolute atomic E-state index is 0.601. The Hall–Kier alpha value is 0.0400. The summed E-state index contributed by atoms with van der Waals surface area (Å²) in [6, 6.07) is 15.7. The molecule has 6 rings (SSSR count). The molecular formula is C18H20Cl4N6O2P4. The number of fused-ring (bicyclic) bond motifs is 2. The molecule has 0 saturated carbocycles. The molecular weight excluding hydrogens is 598 g/mol. The van der Waals surface area contributed by atoms with E-state index < -0.39 is 27.0 Å². The lowest BCUT2D eigenvalue weighted by molar-refractivity contribution is 0.341. The van der Waals surface area contributed by atoms with Gasteiger partial charge in [-0.3, -0.25) is 0 Å². The largest absolute Gasteiger partial charge is 0.430 e. The van der Waals surface area contributed by atoms with Crippen molar-refractivity contribution in [2.24, 2.45) is 18.1 Å². The highest BCUT2D eigenvalue weighted by atomic mass is 35.9. The fourth-order valence-corrected chi connectivity index (χ4v) is 23.6. The van der Waals surface area contributed by atoms with Crippen LogP contribution in [0.5, 0.6) is 11.5 Å². The van der Waals surface area contributed by atoms with Crippen LogP contribution in [0.2, 0.25) is 0 Å². The number of benzene rings is 2. The summed E-state index contributed by atoms with van der Waals surface area (Å²) in [5.74, 6) is -5.30. The highest BCUT2D eigenvalue weighted by Gasteiger charge is 2.48. The predicted molar refractivity (Wildman–Crippen MR) is 145 cm³/mol. The van der Waals surface area contributed by atoms with Gasteiger partial charge in [0.25, 0.3) is 11.8 Å². The van der Waals surface area contributed by atoms with Crippen molar-refractivity contribution in [2.75, 3.05) is 13.1 Å². The number of rotatable bonds is 0. The Morgan fingerprint density at radius 1 is 0.618 bits per heavy atom. The van der Waals surface area contributed by atoms with Crippen molar-refractivity contribution in [3.8, 4) is 11.5 Å². The average Bonchev–Trinajstić information content (AvgIpc) is 2.79. The second kappa shape index (κ2) is 8.81. The monoisotopic (exact) mass is 616 g/mol. The fraction of sp³-hybridized carbons (Fsp3) is 0.333. The van der Waals surface area contributed by atoms with Crippen LogP contribution in [0, 0.1) is 0 Å². The Balaban J connectivity index is 1.69. The van der Waals surface area contributed by atoms with E-state index in [0.29, 0.717) is 37.7 Å². The molecule has 8 nitrogen and oxygen atoms in total. The molecule has 0 amide bonds. The van der Waals surface area contributed by atoms with Crippen LogP contribution in [-0.4, -0.2) is 22.4 Å². The predicted octanol–water partition coefficient (Wildman–Crippen LogP) is 10.3. The summed E-state index contributed by atoms with van der Waals surface area (Å²) in [6.07, 6.45) is 1.82. The molecule has 0 fully saturated rings. The van der Waals surface area contributed by atoms with Crippen molar-refractivity contribution < 1.29 is 9.05 Å². The van der Waals surface area contributed by atoms with E-state index in [4.69, 9.17) is 67.6 Å². The fourth-order valence-electron chi connectivity index (χ4n) is 4.34. The first-order valence-corrected chi connectivity index (χ1v) is 20.7. The summed E-state index contributed by atoms with van der Waals surface area (Å²) < 4.78 is 37.0. The highest BCUT2D eigenvalue weighted by Crippen LogP contribution is 2.86. The molecule has 2 atom stereocenters. The van der Waals surface area contributed by atoms with Gasteiger partial charge >= 0.3 is 15.2 Å². The van der Waals surface area contributed by atoms with Crippen molar-refractivity contribution in [1.29, 1.82) is 0 Å². The number of hydrogen-bond donors (Lipinski definition) is 0. The maximum Gasteiger partial charge on any atom is 0.335 e. The van der Waals surface area contributed by atoms with Crippen LogP contribution >= 0.6 is 71.9 Å². The Labute approximate surface area is 217 Å². The zero-order chi connectivity index (χ0) is 23.6. The summed E-state index contributed by atoms with van der Waals surface area (Å²) in [7, 11) is -6.34. The van der Waals surface area contributed by atoms with E-state index in [1.165, 1.54) is 0 Å². The molecule has 0 aliphatic carbocycles. The molecule has 0 aromatic heterocycles. The summed E-state index contributed by atoms with van der Waals surface area (Å²) in [5.41, 5.74) is 2.11. The van der Waals surface area contributed by atoms with E-state index in [0.717, 1.165) is 24.0 Å². The third-order valence-electron chi connectivity index (χ3n) is 5.81. The van der Waals surface area contributed by atoms with Crippen molar-refractivity contribution in [1.82, 2.24) is 9.34 Å². The third-order valence-corrected chi connectivity index (χ3v) is 20.9. The van der Waals surface area contributed by atoms with Crippen LogP contribution in [0.25, 0.3) is 0 Å². The first-order valence-electron chi connectivity index (χ1n) is 10.6. The van der Waals surface area contributed by atoms with Crippen molar-refractivity contribution in [2.45, 2.75) is 25.9 Å². The smallest absolute Gasteiger partial charge is 0.335 e. The van der Waals surface area contributed by atoms with E-state index in [1.807, 2.05) is 48.5 Å². The molecule has 0 N–H and O–H groups in total. The molecule has 16 heteroatoms. The molecule has 2 spiro atoms. The molecule has 2 aromatic carbocycles. The molecule has 34 heavy (non-hydrogen) atoms. The molecule has 2 unspecified atom stereocenters. The first-order chi connectivity index (χ1) is 16.2. The Bertz CT molecular complexity index is 1340. The SMILES string of the molecule is ClP1(Cl)=NP(Cl)(Cl)=NP23=NP4(=N1)Oc1ccccc1CN4CCCCN2Cc1ccccc1O3. The molecule has 4 heterocycles. The van der Waals surface area contributed by atoms with E-state index in [2.05, 4.69) is 13.9 Å². The van der Waals surface area contributed by atoms with E-state index >= 15 is 0 Å². The quantitative estimate of drug-likeness (QED) is 0.276. The second-order valence-electron chi connectivity index (χ2n) is 8.18. The van der Waals surface area contributed by atoms with Gasteiger partial charge in [-0.1, -0.05) is 36.4 Å². The van der Waals surface area contributed by atoms with Gasteiger partial charge in [0.2, 0.25) is 0 Å². The molecule has 4 aliphatic heterocycles. The third kappa shape index (κ3) is 4.48. The summed E-state index contributed by atoms with van der Waals surface area (Å²) in [5, 5.41) is 0. The Morgan fingerprint density at radius 2 is 1.09 bits per heavy atom. The van der Waals surface area contributed by atoms with Gasteiger partial charge in [-0.15, -0.1) is 4.52 Å². The van der Waals surface area contributed by atoms with Crippen molar-refractivity contribution in [3.63, 3.8) is 0 Å². The van der Waals surface area contributed by atoms with Crippen LogP contribution in [0.1, 0.15) is 24.0 Å². The molecule has 0 saturated heterocycles. The summed E-state index contributed by atoms with van der Waals surface area (Å²) in [4.78, 5) is 0. The van der Waals surface area contributed by atoms with Crippen molar-refractivity contribution in [3.05, 3.63) is 59.7 Å². The Morgan fingerprint density at radius 3 is 1.65 bits per heavy atom.